The van der Waals surface area contributed by atoms with E-state index in [-0.39, 0.29) is 63.5 Å². The predicted molar refractivity (Wildman–Crippen MR) is 156 cm³/mol. The summed E-state index contributed by atoms with van der Waals surface area (Å²) in [6.07, 6.45) is -1.99. The van der Waals surface area contributed by atoms with Crippen molar-refractivity contribution in [1.82, 2.24) is 14.8 Å². The molecule has 1 aliphatic carbocycles. The van der Waals surface area contributed by atoms with Crippen molar-refractivity contribution in [2.75, 3.05) is 24.5 Å². The van der Waals surface area contributed by atoms with Gasteiger partial charge >= 0.3 is 12.3 Å². The smallest absolute Gasteiger partial charge is 0.480 e. The standard InChI is InChI=1S/C29H28Cl2F4N4O5/c1-14-10-37(11-15(2)38(14)13-23(40)41)26-22(32)8-19-25(24(26)31)39(17-4-5-17)12-20(27(19)42)28(43)36-9-16-3-6-18(7-21(16)30)44-29(33,34)35/h3,6-8,12,14-15,17H,4-5,9-11,13H2,1-2H3,(H,36,43)(H,40,41)/t14-,15+. The van der Waals surface area contributed by atoms with Crippen molar-refractivity contribution >= 4 is 51.7 Å². The molecule has 1 aromatic heterocycles. The molecule has 1 aliphatic heterocycles. The highest BCUT2D eigenvalue weighted by Gasteiger charge is 2.35. The minimum absolute atomic E-state index is 0.0231. The largest absolute Gasteiger partial charge is 0.573 e. The molecule has 0 unspecified atom stereocenters. The number of carbonyl (C=O) groups excluding carboxylic acids is 1. The number of fused-ring (bicyclic) bond motifs is 1. The molecule has 9 nitrogen and oxygen atoms in total. The first-order valence-electron chi connectivity index (χ1n) is 13.8. The number of nitrogens with one attached hydrogen (secondary N) is 1. The van der Waals surface area contributed by atoms with Gasteiger partial charge in [0, 0.05) is 49.0 Å². The van der Waals surface area contributed by atoms with Crippen molar-refractivity contribution in [3.8, 4) is 5.75 Å². The molecule has 2 atom stereocenters. The zero-order valence-corrected chi connectivity index (χ0v) is 25.1. The Hall–Kier alpha value is -3.55. The first-order chi connectivity index (χ1) is 20.6. The molecule has 2 aromatic carbocycles. The molecular formula is C29H28Cl2F4N4O5. The maximum Gasteiger partial charge on any atom is 0.573 e. The van der Waals surface area contributed by atoms with Crippen molar-refractivity contribution in [3.63, 3.8) is 0 Å². The number of rotatable bonds is 8. The molecule has 2 heterocycles. The number of halogens is 6. The highest BCUT2D eigenvalue weighted by atomic mass is 35.5. The van der Waals surface area contributed by atoms with Gasteiger partial charge in [0.25, 0.3) is 5.91 Å². The molecule has 15 heteroatoms. The van der Waals surface area contributed by atoms with Gasteiger partial charge in [-0.25, -0.2) is 4.39 Å². The number of pyridine rings is 1. The fourth-order valence-electron chi connectivity index (χ4n) is 5.67. The minimum atomic E-state index is -4.90. The molecule has 2 aliphatic rings. The summed E-state index contributed by atoms with van der Waals surface area (Å²) in [5, 5.41) is 11.7. The van der Waals surface area contributed by atoms with Gasteiger partial charge in [0.05, 0.1) is 28.2 Å². The molecule has 0 bridgehead atoms. The van der Waals surface area contributed by atoms with E-state index in [2.05, 4.69) is 10.1 Å². The Labute approximate surface area is 258 Å². The third-order valence-electron chi connectivity index (χ3n) is 7.80. The Bertz CT molecular complexity index is 1680. The van der Waals surface area contributed by atoms with Gasteiger partial charge in [0.15, 0.2) is 0 Å². The number of nitrogens with zero attached hydrogens (tertiary/aromatic N) is 3. The molecular weight excluding hydrogens is 631 g/mol. The van der Waals surface area contributed by atoms with Crippen LogP contribution in [0.15, 0.2) is 35.3 Å². The Balaban J connectivity index is 1.45. The van der Waals surface area contributed by atoms with Crippen molar-refractivity contribution in [2.24, 2.45) is 0 Å². The summed E-state index contributed by atoms with van der Waals surface area (Å²) >= 11 is 12.9. The van der Waals surface area contributed by atoms with E-state index in [4.69, 9.17) is 23.2 Å². The molecule has 5 rings (SSSR count). The Morgan fingerprint density at radius 3 is 2.34 bits per heavy atom. The Kier molecular flexibility index (Phi) is 8.76. The van der Waals surface area contributed by atoms with Crippen LogP contribution in [0.3, 0.4) is 0 Å². The molecule has 3 aromatic rings. The minimum Gasteiger partial charge on any atom is -0.480 e. The quantitative estimate of drug-likeness (QED) is 0.304. The van der Waals surface area contributed by atoms with Crippen LogP contribution in [0.5, 0.6) is 5.75 Å². The molecule has 0 spiro atoms. The Morgan fingerprint density at radius 1 is 1.11 bits per heavy atom. The van der Waals surface area contributed by atoms with Crippen molar-refractivity contribution in [1.29, 1.82) is 0 Å². The van der Waals surface area contributed by atoms with Crippen LogP contribution in [0.1, 0.15) is 48.7 Å². The number of piperazine rings is 1. The van der Waals surface area contributed by atoms with Gasteiger partial charge in [0.1, 0.15) is 17.1 Å². The fourth-order valence-corrected chi connectivity index (χ4v) is 6.32. The number of ether oxygens (including phenoxy) is 1. The number of aromatic nitrogens is 1. The summed E-state index contributed by atoms with van der Waals surface area (Å²) in [5.41, 5.74) is -0.321. The molecule has 1 amide bonds. The monoisotopic (exact) mass is 658 g/mol. The number of carboxylic acid groups (broad SMARTS) is 1. The summed E-state index contributed by atoms with van der Waals surface area (Å²) < 4.78 is 58.8. The first-order valence-corrected chi connectivity index (χ1v) is 14.5. The van der Waals surface area contributed by atoms with E-state index in [1.807, 2.05) is 18.7 Å². The summed E-state index contributed by atoms with van der Waals surface area (Å²) in [5.74, 6) is -3.02. The van der Waals surface area contributed by atoms with E-state index in [1.54, 1.807) is 9.47 Å². The predicted octanol–water partition coefficient (Wildman–Crippen LogP) is 5.59. The van der Waals surface area contributed by atoms with Crippen LogP contribution in [0.2, 0.25) is 10.0 Å². The summed E-state index contributed by atoms with van der Waals surface area (Å²) in [4.78, 5) is 41.6. The van der Waals surface area contributed by atoms with E-state index in [9.17, 15) is 32.7 Å². The van der Waals surface area contributed by atoms with Gasteiger partial charge in [-0.1, -0.05) is 29.3 Å². The van der Waals surface area contributed by atoms with Crippen LogP contribution in [-0.4, -0.2) is 64.5 Å². The number of benzene rings is 2. The molecule has 0 radical (unpaired) electrons. The second-order valence-corrected chi connectivity index (χ2v) is 11.9. The summed E-state index contributed by atoms with van der Waals surface area (Å²) in [6.45, 7) is 3.95. The molecule has 2 N–H and O–H groups in total. The third-order valence-corrected chi connectivity index (χ3v) is 8.51. The highest BCUT2D eigenvalue weighted by Crippen LogP contribution is 2.42. The maximum atomic E-state index is 15.8. The number of alkyl halides is 3. The SMILES string of the molecule is C[C@@H]1CN(c2c(F)cc3c(=O)c(C(=O)NCc4ccc(OC(F)(F)F)cc4Cl)cn(C4CC4)c3c2Cl)C[C@H](C)N1CC(=O)O. The van der Waals surface area contributed by atoms with Gasteiger partial charge in [-0.2, -0.15) is 0 Å². The normalized spacial score (nSPS) is 19.3. The van der Waals surface area contributed by atoms with Crippen LogP contribution in [0, 0.1) is 5.82 Å². The summed E-state index contributed by atoms with van der Waals surface area (Å²) in [6, 6.07) is 3.83. The molecule has 236 valence electrons. The number of anilines is 1. The van der Waals surface area contributed by atoms with Crippen molar-refractivity contribution in [3.05, 3.63) is 67.7 Å². The second-order valence-electron chi connectivity index (χ2n) is 11.1. The lowest BCUT2D eigenvalue weighted by atomic mass is 10.0. The van der Waals surface area contributed by atoms with E-state index < -0.39 is 35.2 Å². The number of carboxylic acids is 1. The van der Waals surface area contributed by atoms with Crippen LogP contribution >= 0.6 is 23.2 Å². The number of hydrogen-bond acceptors (Lipinski definition) is 6. The van der Waals surface area contributed by atoms with Crippen molar-refractivity contribution < 1.29 is 37.0 Å². The molecule has 1 saturated heterocycles. The first kappa shape index (κ1) is 31.9. The number of hydrogen-bond donors (Lipinski definition) is 2. The van der Waals surface area contributed by atoms with Crippen LogP contribution in [-0.2, 0) is 11.3 Å². The van der Waals surface area contributed by atoms with Crippen LogP contribution in [0.4, 0.5) is 23.2 Å². The average Bonchev–Trinajstić information content (AvgIpc) is 3.75. The zero-order valence-electron chi connectivity index (χ0n) is 23.6. The van der Waals surface area contributed by atoms with Gasteiger partial charge in [-0.3, -0.25) is 19.3 Å². The highest BCUT2D eigenvalue weighted by molar-refractivity contribution is 6.38. The molecule has 2 fully saturated rings. The van der Waals surface area contributed by atoms with Gasteiger partial charge in [-0.15, -0.1) is 13.2 Å². The van der Waals surface area contributed by atoms with E-state index in [0.717, 1.165) is 31.0 Å². The maximum absolute atomic E-state index is 15.8. The van der Waals surface area contributed by atoms with E-state index >= 15 is 4.39 Å². The van der Waals surface area contributed by atoms with E-state index in [0.29, 0.717) is 18.6 Å². The lowest BCUT2D eigenvalue weighted by Gasteiger charge is -2.45. The average molecular weight is 659 g/mol. The lowest BCUT2D eigenvalue weighted by molar-refractivity contribution is -0.274. The van der Waals surface area contributed by atoms with Crippen LogP contribution < -0.4 is 20.4 Å². The molecule has 44 heavy (non-hydrogen) atoms. The number of aliphatic carboxylic acids is 1. The fraction of sp³-hybridized carbons (Fsp3) is 0.414. The zero-order chi connectivity index (χ0) is 32.1. The van der Waals surface area contributed by atoms with Gasteiger partial charge < -0.3 is 24.6 Å². The van der Waals surface area contributed by atoms with Gasteiger partial charge in [0.2, 0.25) is 5.43 Å². The summed E-state index contributed by atoms with van der Waals surface area (Å²) in [7, 11) is 0. The second kappa shape index (κ2) is 12.1. The molecule has 1 saturated carbocycles. The van der Waals surface area contributed by atoms with Gasteiger partial charge in [-0.05, 0) is 50.5 Å². The lowest BCUT2D eigenvalue weighted by Crippen LogP contribution is -2.58. The Morgan fingerprint density at radius 2 is 1.77 bits per heavy atom. The number of carbonyl (C=O) groups is 2. The third kappa shape index (κ3) is 6.59. The van der Waals surface area contributed by atoms with Crippen molar-refractivity contribution in [2.45, 2.75) is 57.7 Å². The van der Waals surface area contributed by atoms with Crippen LogP contribution in [0.25, 0.3) is 10.9 Å². The number of amides is 1. The van der Waals surface area contributed by atoms with E-state index in [1.165, 1.54) is 12.3 Å². The topological polar surface area (TPSA) is 104 Å².